The van der Waals surface area contributed by atoms with Gasteiger partial charge in [-0.05, 0) is 64.8 Å². The van der Waals surface area contributed by atoms with E-state index in [-0.39, 0.29) is 23.8 Å². The van der Waals surface area contributed by atoms with Crippen LogP contribution < -0.4 is 10.6 Å². The molecule has 0 spiro atoms. The predicted molar refractivity (Wildman–Crippen MR) is 97.0 cm³/mol. The van der Waals surface area contributed by atoms with Crippen LogP contribution in [0.25, 0.3) is 0 Å². The zero-order valence-electron chi connectivity index (χ0n) is 15.2. The van der Waals surface area contributed by atoms with E-state index in [0.717, 1.165) is 25.1 Å². The van der Waals surface area contributed by atoms with Crippen LogP contribution in [0, 0.1) is 5.92 Å². The number of likely N-dealkylation sites (tertiary alicyclic amines) is 1. The van der Waals surface area contributed by atoms with Gasteiger partial charge in [-0.3, -0.25) is 9.59 Å². The number of carbonyl (C=O) groups is 2. The second-order valence-corrected chi connectivity index (χ2v) is 6.91. The molecule has 1 aliphatic rings. The number of nitrogens with two attached hydrogens (primary N) is 1. The largest absolute Gasteiger partial charge is 0.369 e. The molecule has 2 N–H and O–H groups in total. The molecule has 0 radical (unpaired) electrons. The summed E-state index contributed by atoms with van der Waals surface area (Å²) in [6.45, 7) is 9.81. The molecule has 1 aromatic carbocycles. The average Bonchev–Trinajstić information content (AvgIpc) is 2.55. The molecule has 132 valence electrons. The number of carbonyl (C=O) groups excluding carboxylic acids is 2. The first-order valence-corrected chi connectivity index (χ1v) is 8.82. The predicted octanol–water partition coefficient (Wildman–Crippen LogP) is 2.65. The van der Waals surface area contributed by atoms with Crippen LogP contribution >= 0.6 is 0 Å². The number of amides is 2. The Bertz CT molecular complexity index is 583. The summed E-state index contributed by atoms with van der Waals surface area (Å²) in [5.41, 5.74) is 7.21. The zero-order chi connectivity index (χ0) is 17.9. The van der Waals surface area contributed by atoms with Gasteiger partial charge in [-0.2, -0.15) is 0 Å². The number of benzene rings is 1. The number of hydrogen-bond donors (Lipinski definition) is 1. The van der Waals surface area contributed by atoms with E-state index in [9.17, 15) is 9.59 Å². The molecule has 0 bridgehead atoms. The molecular formula is C19H29N3O2. The van der Waals surface area contributed by atoms with Gasteiger partial charge in [-0.1, -0.05) is 0 Å². The highest BCUT2D eigenvalue weighted by molar-refractivity contribution is 5.95. The molecule has 0 aromatic heterocycles. The summed E-state index contributed by atoms with van der Waals surface area (Å²) in [5, 5.41) is 0. The van der Waals surface area contributed by atoms with E-state index >= 15 is 0 Å². The van der Waals surface area contributed by atoms with Crippen molar-refractivity contribution >= 4 is 17.5 Å². The van der Waals surface area contributed by atoms with Crippen molar-refractivity contribution in [3.05, 3.63) is 29.8 Å². The minimum Gasteiger partial charge on any atom is -0.369 e. The Morgan fingerprint density at radius 3 is 2.38 bits per heavy atom. The number of anilines is 1. The van der Waals surface area contributed by atoms with Gasteiger partial charge in [0, 0.05) is 36.4 Å². The van der Waals surface area contributed by atoms with Crippen LogP contribution in [0.2, 0.25) is 0 Å². The smallest absolute Gasteiger partial charge is 0.254 e. The van der Waals surface area contributed by atoms with Gasteiger partial charge in [-0.15, -0.1) is 0 Å². The average molecular weight is 331 g/mol. The topological polar surface area (TPSA) is 66.6 Å². The maximum atomic E-state index is 12.8. The minimum atomic E-state index is -0.314. The number of primary amides is 1. The third-order valence-electron chi connectivity index (χ3n) is 4.96. The Morgan fingerprint density at radius 1 is 1.25 bits per heavy atom. The summed E-state index contributed by atoms with van der Waals surface area (Å²) in [7, 11) is 0. The number of nitrogens with zero attached hydrogens (tertiary/aromatic N) is 2. The van der Waals surface area contributed by atoms with E-state index in [4.69, 9.17) is 5.73 Å². The first-order chi connectivity index (χ1) is 11.3. The normalized spacial score (nSPS) is 21.0. The van der Waals surface area contributed by atoms with Gasteiger partial charge < -0.3 is 15.5 Å². The van der Waals surface area contributed by atoms with Crippen LogP contribution in [-0.2, 0) is 4.79 Å². The maximum Gasteiger partial charge on any atom is 0.254 e. The van der Waals surface area contributed by atoms with Crippen molar-refractivity contribution in [2.75, 3.05) is 18.0 Å². The molecule has 0 aliphatic carbocycles. The van der Waals surface area contributed by atoms with Crippen molar-refractivity contribution in [2.24, 2.45) is 11.7 Å². The van der Waals surface area contributed by atoms with E-state index in [2.05, 4.69) is 25.7 Å². The molecule has 2 amide bonds. The first-order valence-electron chi connectivity index (χ1n) is 8.82. The van der Waals surface area contributed by atoms with Crippen molar-refractivity contribution in [1.82, 2.24) is 4.90 Å². The minimum absolute atomic E-state index is 0.0207. The van der Waals surface area contributed by atoms with Gasteiger partial charge in [0.25, 0.3) is 5.91 Å². The van der Waals surface area contributed by atoms with Crippen molar-refractivity contribution < 1.29 is 9.59 Å². The molecule has 1 saturated heterocycles. The molecule has 2 rings (SSSR count). The Balaban J connectivity index is 2.15. The van der Waals surface area contributed by atoms with Crippen molar-refractivity contribution in [3.8, 4) is 0 Å². The number of rotatable bonds is 5. The molecule has 5 heteroatoms. The zero-order valence-corrected chi connectivity index (χ0v) is 15.2. The molecule has 24 heavy (non-hydrogen) atoms. The molecule has 0 saturated carbocycles. The van der Waals surface area contributed by atoms with E-state index < -0.39 is 0 Å². The van der Waals surface area contributed by atoms with Crippen LogP contribution in [0.1, 0.15) is 50.9 Å². The number of piperidine rings is 1. The monoisotopic (exact) mass is 331 g/mol. The molecule has 5 nitrogen and oxygen atoms in total. The summed E-state index contributed by atoms with van der Waals surface area (Å²) < 4.78 is 0. The van der Waals surface area contributed by atoms with Crippen molar-refractivity contribution in [3.63, 3.8) is 0 Å². The summed E-state index contributed by atoms with van der Waals surface area (Å²) in [4.78, 5) is 28.3. The lowest BCUT2D eigenvalue weighted by molar-refractivity contribution is -0.123. The Hall–Kier alpha value is -2.04. The van der Waals surface area contributed by atoms with Crippen molar-refractivity contribution in [1.29, 1.82) is 0 Å². The Labute approximate surface area is 144 Å². The highest BCUT2D eigenvalue weighted by Crippen LogP contribution is 2.25. The van der Waals surface area contributed by atoms with Gasteiger partial charge in [0.15, 0.2) is 0 Å². The molecule has 1 aromatic rings. The molecule has 1 aliphatic heterocycles. The van der Waals surface area contributed by atoms with E-state index in [1.807, 2.05) is 31.2 Å². The van der Waals surface area contributed by atoms with Crippen molar-refractivity contribution in [2.45, 2.75) is 52.6 Å². The van der Waals surface area contributed by atoms with Crippen LogP contribution in [0.15, 0.2) is 24.3 Å². The van der Waals surface area contributed by atoms with E-state index in [1.165, 1.54) is 0 Å². The molecule has 1 fully saturated rings. The summed E-state index contributed by atoms with van der Waals surface area (Å²) >= 11 is 0. The van der Waals surface area contributed by atoms with Gasteiger partial charge >= 0.3 is 0 Å². The maximum absolute atomic E-state index is 12.8. The molecule has 2 atom stereocenters. The lowest BCUT2D eigenvalue weighted by atomic mass is 9.92. The van der Waals surface area contributed by atoms with Gasteiger partial charge in [0.2, 0.25) is 5.91 Å². The fourth-order valence-electron chi connectivity index (χ4n) is 3.43. The van der Waals surface area contributed by atoms with Gasteiger partial charge in [-0.25, -0.2) is 0 Å². The summed E-state index contributed by atoms with van der Waals surface area (Å²) in [6, 6.07) is 8.30. The second-order valence-electron chi connectivity index (χ2n) is 6.91. The van der Waals surface area contributed by atoms with Gasteiger partial charge in [0.05, 0.1) is 5.92 Å². The second kappa shape index (κ2) is 7.69. The fourth-order valence-corrected chi connectivity index (χ4v) is 3.43. The summed E-state index contributed by atoms with van der Waals surface area (Å²) in [5.74, 6) is -0.570. The van der Waals surface area contributed by atoms with E-state index in [0.29, 0.717) is 18.2 Å². The lowest BCUT2D eigenvalue weighted by Crippen LogP contribution is -2.48. The fraction of sp³-hybridized carbons (Fsp3) is 0.579. The lowest BCUT2D eigenvalue weighted by Gasteiger charge is -2.37. The highest BCUT2D eigenvalue weighted by Gasteiger charge is 2.32. The number of hydrogen-bond acceptors (Lipinski definition) is 3. The van der Waals surface area contributed by atoms with Crippen LogP contribution in [0.4, 0.5) is 5.69 Å². The molecular weight excluding hydrogens is 302 g/mol. The van der Waals surface area contributed by atoms with Crippen LogP contribution in [0.3, 0.4) is 0 Å². The molecule has 0 unspecified atom stereocenters. The summed E-state index contributed by atoms with van der Waals surface area (Å²) in [6.07, 6.45) is 1.58. The highest BCUT2D eigenvalue weighted by atomic mass is 16.2. The van der Waals surface area contributed by atoms with Crippen LogP contribution in [-0.4, -0.2) is 41.9 Å². The first kappa shape index (κ1) is 18.3. The quantitative estimate of drug-likeness (QED) is 0.902. The van der Waals surface area contributed by atoms with Crippen LogP contribution in [0.5, 0.6) is 0 Å². The Kier molecular flexibility index (Phi) is 5.86. The van der Waals surface area contributed by atoms with E-state index in [1.54, 1.807) is 4.90 Å². The third kappa shape index (κ3) is 3.89. The Morgan fingerprint density at radius 2 is 1.88 bits per heavy atom. The third-order valence-corrected chi connectivity index (χ3v) is 4.96. The molecule has 1 heterocycles. The standard InChI is InChI=1S/C19H29N3O2/c1-5-21(13(2)3)17-10-8-15(9-11-17)19(24)22-12-16(18(20)23)7-6-14(22)4/h8-11,13-14,16H,5-7,12H2,1-4H3,(H2,20,23)/t14-,16+/m0/s1. The van der Waals surface area contributed by atoms with Gasteiger partial charge in [0.1, 0.15) is 0 Å². The SMILES string of the molecule is CCN(c1ccc(C(=O)N2C[C@H](C(N)=O)CC[C@@H]2C)cc1)C(C)C.